The molecule has 0 saturated carbocycles. The van der Waals surface area contributed by atoms with Crippen molar-refractivity contribution in [1.82, 2.24) is 4.90 Å². The van der Waals surface area contributed by atoms with Crippen LogP contribution >= 0.6 is 0 Å². The zero-order valence-corrected chi connectivity index (χ0v) is 11.9. The van der Waals surface area contributed by atoms with Gasteiger partial charge < -0.3 is 19.5 Å². The number of carboxylic acids is 1. The van der Waals surface area contributed by atoms with E-state index in [-0.39, 0.29) is 17.9 Å². The summed E-state index contributed by atoms with van der Waals surface area (Å²) in [6.45, 7) is 4.60. The highest BCUT2D eigenvalue weighted by Gasteiger charge is 2.36. The van der Waals surface area contributed by atoms with Crippen LogP contribution in [0.5, 0.6) is 0 Å². The van der Waals surface area contributed by atoms with Crippen LogP contribution < -0.4 is 0 Å². The molecule has 2 aliphatic rings. The SMILES string of the molecule is C[C@@H]1CN(C(=O)CCOC2CCOCC2)C[C@H]1C(=O)O. The highest BCUT2D eigenvalue weighted by atomic mass is 16.5. The summed E-state index contributed by atoms with van der Waals surface area (Å²) in [6, 6.07) is 0. The molecule has 0 aromatic heterocycles. The molecule has 2 fully saturated rings. The molecule has 114 valence electrons. The Morgan fingerprint density at radius 2 is 2.00 bits per heavy atom. The minimum atomic E-state index is -0.814. The van der Waals surface area contributed by atoms with E-state index in [0.29, 0.717) is 26.1 Å². The second-order valence-electron chi connectivity index (χ2n) is 5.65. The zero-order chi connectivity index (χ0) is 14.5. The summed E-state index contributed by atoms with van der Waals surface area (Å²) < 4.78 is 10.9. The minimum Gasteiger partial charge on any atom is -0.481 e. The first-order chi connectivity index (χ1) is 9.58. The molecule has 2 aliphatic heterocycles. The van der Waals surface area contributed by atoms with Gasteiger partial charge in [-0.1, -0.05) is 6.92 Å². The van der Waals surface area contributed by atoms with Gasteiger partial charge in [-0.3, -0.25) is 9.59 Å². The number of hydrogen-bond donors (Lipinski definition) is 1. The molecule has 0 bridgehead atoms. The maximum absolute atomic E-state index is 12.0. The lowest BCUT2D eigenvalue weighted by molar-refractivity contribution is -0.142. The molecule has 1 N–H and O–H groups in total. The average Bonchev–Trinajstić information content (AvgIpc) is 2.82. The highest BCUT2D eigenvalue weighted by molar-refractivity contribution is 5.79. The number of aliphatic carboxylic acids is 1. The molecule has 0 unspecified atom stereocenters. The topological polar surface area (TPSA) is 76.1 Å². The van der Waals surface area contributed by atoms with E-state index in [2.05, 4.69) is 0 Å². The summed E-state index contributed by atoms with van der Waals surface area (Å²) in [6.07, 6.45) is 2.29. The van der Waals surface area contributed by atoms with Crippen molar-refractivity contribution in [2.24, 2.45) is 11.8 Å². The van der Waals surface area contributed by atoms with E-state index in [1.807, 2.05) is 6.92 Å². The van der Waals surface area contributed by atoms with Crippen LogP contribution in [0.4, 0.5) is 0 Å². The van der Waals surface area contributed by atoms with Crippen LogP contribution in [-0.4, -0.2) is 60.9 Å². The first kappa shape index (κ1) is 15.3. The lowest BCUT2D eigenvalue weighted by Crippen LogP contribution is -2.31. The Morgan fingerprint density at radius 1 is 1.30 bits per heavy atom. The van der Waals surface area contributed by atoms with E-state index < -0.39 is 11.9 Å². The van der Waals surface area contributed by atoms with Crippen molar-refractivity contribution in [1.29, 1.82) is 0 Å². The van der Waals surface area contributed by atoms with Crippen molar-refractivity contribution in [2.75, 3.05) is 32.9 Å². The molecule has 2 saturated heterocycles. The molecule has 0 aromatic rings. The van der Waals surface area contributed by atoms with E-state index in [9.17, 15) is 9.59 Å². The molecule has 20 heavy (non-hydrogen) atoms. The number of nitrogens with zero attached hydrogens (tertiary/aromatic N) is 1. The van der Waals surface area contributed by atoms with Gasteiger partial charge in [0.1, 0.15) is 0 Å². The summed E-state index contributed by atoms with van der Waals surface area (Å²) in [5.74, 6) is -1.23. The smallest absolute Gasteiger partial charge is 0.308 e. The van der Waals surface area contributed by atoms with Crippen LogP contribution in [0.2, 0.25) is 0 Å². The van der Waals surface area contributed by atoms with E-state index in [1.54, 1.807) is 4.90 Å². The van der Waals surface area contributed by atoms with Gasteiger partial charge in [0.25, 0.3) is 0 Å². The molecule has 2 atom stereocenters. The van der Waals surface area contributed by atoms with Crippen molar-refractivity contribution in [2.45, 2.75) is 32.3 Å². The number of rotatable bonds is 5. The monoisotopic (exact) mass is 285 g/mol. The predicted molar refractivity (Wildman–Crippen MR) is 71.3 cm³/mol. The van der Waals surface area contributed by atoms with Gasteiger partial charge >= 0.3 is 5.97 Å². The third-order valence-corrected chi connectivity index (χ3v) is 4.12. The van der Waals surface area contributed by atoms with E-state index >= 15 is 0 Å². The molecule has 1 amide bonds. The number of carboxylic acid groups (broad SMARTS) is 1. The Labute approximate surface area is 119 Å². The molecule has 6 heteroatoms. The number of likely N-dealkylation sites (tertiary alicyclic amines) is 1. The van der Waals surface area contributed by atoms with Crippen molar-refractivity contribution in [3.8, 4) is 0 Å². The molecule has 2 heterocycles. The fraction of sp³-hybridized carbons (Fsp3) is 0.857. The average molecular weight is 285 g/mol. The molecule has 0 aliphatic carbocycles. The summed E-state index contributed by atoms with van der Waals surface area (Å²) in [4.78, 5) is 24.7. The summed E-state index contributed by atoms with van der Waals surface area (Å²) in [7, 11) is 0. The fourth-order valence-corrected chi connectivity index (χ4v) is 2.81. The van der Waals surface area contributed by atoms with Crippen LogP contribution in [0.25, 0.3) is 0 Å². The maximum atomic E-state index is 12.0. The lowest BCUT2D eigenvalue weighted by atomic mass is 9.99. The van der Waals surface area contributed by atoms with Gasteiger partial charge in [-0.05, 0) is 18.8 Å². The summed E-state index contributed by atoms with van der Waals surface area (Å²) >= 11 is 0. The van der Waals surface area contributed by atoms with E-state index in [4.69, 9.17) is 14.6 Å². The summed E-state index contributed by atoms with van der Waals surface area (Å²) in [5.41, 5.74) is 0. The van der Waals surface area contributed by atoms with Gasteiger partial charge in [0.15, 0.2) is 0 Å². The molecular weight excluding hydrogens is 262 g/mol. The number of amides is 1. The Bertz CT molecular complexity index is 353. The molecule has 2 rings (SSSR count). The number of ether oxygens (including phenoxy) is 2. The molecule has 0 spiro atoms. The first-order valence-electron chi connectivity index (χ1n) is 7.28. The predicted octanol–water partition coefficient (Wildman–Crippen LogP) is 0.751. The Balaban J connectivity index is 1.68. The van der Waals surface area contributed by atoms with Gasteiger partial charge in [0.05, 0.1) is 25.0 Å². The maximum Gasteiger partial charge on any atom is 0.308 e. The normalized spacial score (nSPS) is 27.8. The first-order valence-corrected chi connectivity index (χ1v) is 7.28. The minimum absolute atomic E-state index is 0.00680. The van der Waals surface area contributed by atoms with Gasteiger partial charge in [-0.2, -0.15) is 0 Å². The van der Waals surface area contributed by atoms with Crippen LogP contribution in [0.3, 0.4) is 0 Å². The number of hydrogen-bond acceptors (Lipinski definition) is 4. The Hall–Kier alpha value is -1.14. The number of carbonyl (C=O) groups excluding carboxylic acids is 1. The van der Waals surface area contributed by atoms with Gasteiger partial charge in [-0.25, -0.2) is 0 Å². The van der Waals surface area contributed by atoms with Crippen LogP contribution in [0.1, 0.15) is 26.2 Å². The van der Waals surface area contributed by atoms with Crippen molar-refractivity contribution < 1.29 is 24.2 Å². The van der Waals surface area contributed by atoms with Gasteiger partial charge in [-0.15, -0.1) is 0 Å². The van der Waals surface area contributed by atoms with Crippen LogP contribution in [-0.2, 0) is 19.1 Å². The molecule has 6 nitrogen and oxygen atoms in total. The third kappa shape index (κ3) is 3.93. The highest BCUT2D eigenvalue weighted by Crippen LogP contribution is 2.23. The molecular formula is C14H23NO5. The Morgan fingerprint density at radius 3 is 2.60 bits per heavy atom. The quantitative estimate of drug-likeness (QED) is 0.806. The fourth-order valence-electron chi connectivity index (χ4n) is 2.81. The van der Waals surface area contributed by atoms with Gasteiger partial charge in [0.2, 0.25) is 5.91 Å². The standard InChI is InChI=1S/C14H23NO5/c1-10-8-15(9-12(10)14(17)18)13(16)4-7-20-11-2-5-19-6-3-11/h10-12H,2-9H2,1H3,(H,17,18)/t10-,12-/m1/s1. The lowest BCUT2D eigenvalue weighted by Gasteiger charge is -2.23. The van der Waals surface area contributed by atoms with Crippen molar-refractivity contribution in [3.63, 3.8) is 0 Å². The third-order valence-electron chi connectivity index (χ3n) is 4.12. The summed E-state index contributed by atoms with van der Waals surface area (Å²) in [5, 5.41) is 9.05. The van der Waals surface area contributed by atoms with E-state index in [0.717, 1.165) is 26.1 Å². The van der Waals surface area contributed by atoms with Gasteiger partial charge in [0, 0.05) is 26.3 Å². The second-order valence-corrected chi connectivity index (χ2v) is 5.65. The van der Waals surface area contributed by atoms with Crippen LogP contribution in [0.15, 0.2) is 0 Å². The van der Waals surface area contributed by atoms with Crippen molar-refractivity contribution in [3.05, 3.63) is 0 Å². The van der Waals surface area contributed by atoms with Crippen molar-refractivity contribution >= 4 is 11.9 Å². The second kappa shape index (κ2) is 7.04. The number of carbonyl (C=O) groups is 2. The molecule has 0 radical (unpaired) electrons. The molecule has 0 aromatic carbocycles. The zero-order valence-electron chi connectivity index (χ0n) is 11.9. The van der Waals surface area contributed by atoms with Crippen LogP contribution in [0, 0.1) is 11.8 Å². The largest absolute Gasteiger partial charge is 0.481 e. The Kier molecular flexibility index (Phi) is 5.37. The van der Waals surface area contributed by atoms with E-state index in [1.165, 1.54) is 0 Å².